The van der Waals surface area contributed by atoms with Gasteiger partial charge < -0.3 is 9.47 Å². The number of fused-ring (bicyclic) bond motifs is 8. The van der Waals surface area contributed by atoms with E-state index in [4.69, 9.17) is 9.47 Å². The number of aryl methyl sites for hydroxylation is 1. The molecule has 0 saturated heterocycles. The summed E-state index contributed by atoms with van der Waals surface area (Å²) in [4.78, 5) is 0. The first-order valence-corrected chi connectivity index (χ1v) is 13.2. The average molecular weight is 495 g/mol. The quantitative estimate of drug-likeness (QED) is 0.249. The first-order chi connectivity index (χ1) is 18.4. The Hall–Kier alpha value is -4.30. The van der Waals surface area contributed by atoms with Gasteiger partial charge >= 0.3 is 0 Å². The van der Waals surface area contributed by atoms with Crippen LogP contribution in [0.15, 0.2) is 103 Å². The molecule has 186 valence electrons. The van der Waals surface area contributed by atoms with E-state index >= 15 is 0 Å². The third-order valence-corrected chi connectivity index (χ3v) is 8.45. The summed E-state index contributed by atoms with van der Waals surface area (Å²) < 4.78 is 12.8. The number of methoxy groups -OCH3 is 1. The summed E-state index contributed by atoms with van der Waals surface area (Å²) in [5.41, 5.74) is 9.03. The second-order valence-electron chi connectivity index (χ2n) is 11.0. The third-order valence-electron chi connectivity index (χ3n) is 8.45. The Morgan fingerprint density at radius 1 is 0.711 bits per heavy atom. The normalized spacial score (nSPS) is 18.4. The Morgan fingerprint density at radius 3 is 2.05 bits per heavy atom. The monoisotopic (exact) mass is 494 g/mol. The summed E-state index contributed by atoms with van der Waals surface area (Å²) >= 11 is 0. The molecule has 0 saturated carbocycles. The Morgan fingerprint density at radius 2 is 1.34 bits per heavy atom. The largest absolute Gasteiger partial charge is 0.497 e. The van der Waals surface area contributed by atoms with Gasteiger partial charge in [-0.15, -0.1) is 0 Å². The van der Waals surface area contributed by atoms with Crippen LogP contribution in [0, 0.1) is 6.92 Å². The lowest BCUT2D eigenvalue weighted by Gasteiger charge is -2.38. The maximum absolute atomic E-state index is 7.31. The van der Waals surface area contributed by atoms with E-state index in [-0.39, 0.29) is 5.41 Å². The van der Waals surface area contributed by atoms with Gasteiger partial charge in [-0.3, -0.25) is 0 Å². The molecule has 0 bridgehead atoms. The Labute approximate surface area is 224 Å². The van der Waals surface area contributed by atoms with Crippen LogP contribution >= 0.6 is 0 Å². The van der Waals surface area contributed by atoms with Gasteiger partial charge in [-0.2, -0.15) is 0 Å². The molecular formula is C36H30O2. The van der Waals surface area contributed by atoms with E-state index in [0.717, 1.165) is 28.0 Å². The highest BCUT2D eigenvalue weighted by Gasteiger charge is 2.44. The SMILES string of the molecule is COc1ccc(C2(c3ccc(C)cc3)C=Cc3c4c(c5ccccc5c3O2)-c2ccccc2C4(C)C)cc1. The highest BCUT2D eigenvalue weighted by Crippen LogP contribution is 2.57. The van der Waals surface area contributed by atoms with Gasteiger partial charge in [0.2, 0.25) is 0 Å². The summed E-state index contributed by atoms with van der Waals surface area (Å²) in [6.07, 6.45) is 4.55. The van der Waals surface area contributed by atoms with Gasteiger partial charge in [0, 0.05) is 27.5 Å². The van der Waals surface area contributed by atoms with E-state index in [0.29, 0.717) is 0 Å². The standard InChI is InChI=1S/C36H30O2/c1-23-13-15-24(16-14-23)36(25-17-19-26(37-4)20-18-25)22-21-30-33-32(27-9-5-6-10-28(27)34(30)38-36)29-11-7-8-12-31(29)35(33,2)3/h5-22H,1-4H3. The summed E-state index contributed by atoms with van der Waals surface area (Å²) in [6.45, 7) is 6.80. The van der Waals surface area contributed by atoms with E-state index < -0.39 is 5.60 Å². The lowest BCUT2D eigenvalue weighted by molar-refractivity contribution is 0.163. The van der Waals surface area contributed by atoms with E-state index in [1.807, 2.05) is 12.1 Å². The van der Waals surface area contributed by atoms with Gasteiger partial charge in [-0.05, 0) is 52.8 Å². The van der Waals surface area contributed by atoms with Crippen molar-refractivity contribution in [3.05, 3.63) is 137 Å². The summed E-state index contributed by atoms with van der Waals surface area (Å²) in [6, 6.07) is 34.5. The molecule has 0 amide bonds. The van der Waals surface area contributed by atoms with E-state index in [1.54, 1.807) is 7.11 Å². The fraction of sp³-hybridized carbons (Fsp3) is 0.167. The van der Waals surface area contributed by atoms with Crippen molar-refractivity contribution in [1.82, 2.24) is 0 Å². The van der Waals surface area contributed by atoms with E-state index in [1.165, 1.54) is 38.8 Å². The van der Waals surface area contributed by atoms with Crippen molar-refractivity contribution >= 4 is 16.8 Å². The number of benzene rings is 5. The highest BCUT2D eigenvalue weighted by molar-refractivity contribution is 6.08. The molecule has 2 aliphatic rings. The Kier molecular flexibility index (Phi) is 4.87. The van der Waals surface area contributed by atoms with E-state index in [9.17, 15) is 0 Å². The fourth-order valence-corrected chi connectivity index (χ4v) is 6.52. The minimum atomic E-state index is -0.764. The molecule has 5 aromatic carbocycles. The lowest BCUT2D eigenvalue weighted by Crippen LogP contribution is -2.35. The minimum absolute atomic E-state index is 0.141. The summed E-state index contributed by atoms with van der Waals surface area (Å²) in [7, 11) is 1.70. The van der Waals surface area contributed by atoms with Crippen LogP contribution in [0.25, 0.3) is 28.0 Å². The number of rotatable bonds is 3. The number of hydrogen-bond donors (Lipinski definition) is 0. The summed E-state index contributed by atoms with van der Waals surface area (Å²) in [5.74, 6) is 1.77. The molecular weight excluding hydrogens is 464 g/mol. The van der Waals surface area contributed by atoms with Crippen LogP contribution < -0.4 is 9.47 Å². The first kappa shape index (κ1) is 22.9. The predicted octanol–water partition coefficient (Wildman–Crippen LogP) is 8.81. The molecule has 1 unspecified atom stereocenters. The maximum Gasteiger partial charge on any atom is 0.178 e. The molecule has 2 heteroatoms. The average Bonchev–Trinajstić information content (AvgIpc) is 3.20. The molecule has 0 radical (unpaired) electrons. The maximum atomic E-state index is 7.31. The second kappa shape index (κ2) is 8.10. The molecule has 0 aromatic heterocycles. The van der Waals surface area contributed by atoms with Crippen LogP contribution in [-0.2, 0) is 11.0 Å². The van der Waals surface area contributed by atoms with Crippen LogP contribution in [0.2, 0.25) is 0 Å². The van der Waals surface area contributed by atoms with Gasteiger partial charge in [0.1, 0.15) is 11.5 Å². The molecule has 1 atom stereocenters. The highest BCUT2D eigenvalue weighted by atomic mass is 16.5. The van der Waals surface area contributed by atoms with Gasteiger partial charge in [0.15, 0.2) is 5.60 Å². The van der Waals surface area contributed by atoms with Gasteiger partial charge in [-0.25, -0.2) is 0 Å². The molecule has 0 N–H and O–H groups in total. The van der Waals surface area contributed by atoms with Crippen molar-refractivity contribution in [1.29, 1.82) is 0 Å². The van der Waals surface area contributed by atoms with Gasteiger partial charge in [0.05, 0.1) is 7.11 Å². The number of ether oxygens (including phenoxy) is 2. The molecule has 2 nitrogen and oxygen atoms in total. The van der Waals surface area contributed by atoms with Crippen LogP contribution in [0.5, 0.6) is 11.5 Å². The molecule has 0 fully saturated rings. The van der Waals surface area contributed by atoms with Crippen LogP contribution in [-0.4, -0.2) is 7.11 Å². The zero-order valence-electron chi connectivity index (χ0n) is 22.2. The molecule has 1 aliphatic carbocycles. The zero-order chi connectivity index (χ0) is 26.1. The van der Waals surface area contributed by atoms with Crippen LogP contribution in [0.4, 0.5) is 0 Å². The molecule has 0 spiro atoms. The second-order valence-corrected chi connectivity index (χ2v) is 11.0. The van der Waals surface area contributed by atoms with Crippen molar-refractivity contribution in [2.45, 2.75) is 31.8 Å². The molecule has 5 aromatic rings. The van der Waals surface area contributed by atoms with Crippen molar-refractivity contribution in [3.8, 4) is 22.6 Å². The molecule has 1 heterocycles. The Balaban J connectivity index is 1.54. The minimum Gasteiger partial charge on any atom is -0.497 e. The van der Waals surface area contributed by atoms with Crippen LogP contribution in [0.1, 0.15) is 47.2 Å². The van der Waals surface area contributed by atoms with Crippen molar-refractivity contribution in [3.63, 3.8) is 0 Å². The van der Waals surface area contributed by atoms with Crippen molar-refractivity contribution in [2.24, 2.45) is 0 Å². The molecule has 38 heavy (non-hydrogen) atoms. The fourth-order valence-electron chi connectivity index (χ4n) is 6.52. The van der Waals surface area contributed by atoms with E-state index in [2.05, 4.69) is 118 Å². The first-order valence-electron chi connectivity index (χ1n) is 13.2. The molecule has 1 aliphatic heterocycles. The summed E-state index contributed by atoms with van der Waals surface area (Å²) in [5, 5.41) is 2.38. The van der Waals surface area contributed by atoms with Crippen molar-refractivity contribution < 1.29 is 9.47 Å². The number of hydrogen-bond acceptors (Lipinski definition) is 2. The Bertz CT molecular complexity index is 1740. The zero-order valence-corrected chi connectivity index (χ0v) is 22.2. The lowest BCUT2D eigenvalue weighted by atomic mass is 9.77. The predicted molar refractivity (Wildman–Crippen MR) is 156 cm³/mol. The van der Waals surface area contributed by atoms with Crippen molar-refractivity contribution in [2.75, 3.05) is 7.11 Å². The van der Waals surface area contributed by atoms with Gasteiger partial charge in [-0.1, -0.05) is 110 Å². The third kappa shape index (κ3) is 3.07. The molecule has 7 rings (SSSR count). The smallest absolute Gasteiger partial charge is 0.178 e. The van der Waals surface area contributed by atoms with Crippen LogP contribution in [0.3, 0.4) is 0 Å². The van der Waals surface area contributed by atoms with Gasteiger partial charge in [0.25, 0.3) is 0 Å². The topological polar surface area (TPSA) is 18.5 Å².